The average Bonchev–Trinajstić information content (AvgIpc) is 2.16. The predicted molar refractivity (Wildman–Crippen MR) is 43.9 cm³/mol. The maximum atomic E-state index is 8.54. The number of benzene rings is 1. The van der Waals surface area contributed by atoms with Gasteiger partial charge in [0, 0.05) is 0 Å². The molecule has 0 saturated carbocycles. The molecule has 0 unspecified atom stereocenters. The summed E-state index contributed by atoms with van der Waals surface area (Å²) in [6, 6.07) is 9.70. The van der Waals surface area contributed by atoms with E-state index < -0.39 is 0 Å². The molecule has 1 rings (SSSR count). The molecule has 66 valence electrons. The number of hydrogen-bond acceptors (Lipinski definition) is 4. The first-order chi connectivity index (χ1) is 5.86. The van der Waals surface area contributed by atoms with E-state index in [1.807, 2.05) is 35.9 Å². The van der Waals surface area contributed by atoms with Gasteiger partial charge < -0.3 is 0 Å². The van der Waals surface area contributed by atoms with E-state index in [0.29, 0.717) is 6.54 Å². The topological polar surface area (TPSA) is 44.7 Å². The van der Waals surface area contributed by atoms with E-state index in [0.717, 1.165) is 5.56 Å². The van der Waals surface area contributed by atoms with Crippen molar-refractivity contribution in [1.29, 1.82) is 0 Å². The smallest absolute Gasteiger partial charge is 0.0674 e. The van der Waals surface area contributed by atoms with Crippen molar-refractivity contribution in [2.45, 2.75) is 6.54 Å². The summed E-state index contributed by atoms with van der Waals surface area (Å²) in [7, 11) is 1.48. The number of hydrogen-bond donors (Lipinski definition) is 2. The van der Waals surface area contributed by atoms with Crippen molar-refractivity contribution >= 4 is 0 Å². The third kappa shape index (κ3) is 2.60. The molecular formula is C8H12N2O2. The quantitative estimate of drug-likeness (QED) is 0.657. The Morgan fingerprint density at radius 1 is 1.42 bits per heavy atom. The van der Waals surface area contributed by atoms with Crippen LogP contribution >= 0.6 is 0 Å². The second kappa shape index (κ2) is 4.84. The van der Waals surface area contributed by atoms with E-state index in [1.165, 1.54) is 12.3 Å². The molecule has 0 bridgehead atoms. The van der Waals surface area contributed by atoms with Gasteiger partial charge in [0.1, 0.15) is 0 Å². The van der Waals surface area contributed by atoms with Gasteiger partial charge in [0.2, 0.25) is 0 Å². The Bertz CT molecular complexity index is 212. The fraction of sp³-hybridized carbons (Fsp3) is 0.250. The summed E-state index contributed by atoms with van der Waals surface area (Å²) in [5.41, 5.74) is 2.97. The van der Waals surface area contributed by atoms with E-state index in [-0.39, 0.29) is 0 Å². The lowest BCUT2D eigenvalue weighted by atomic mass is 10.2. The van der Waals surface area contributed by atoms with Gasteiger partial charge in [-0.1, -0.05) is 35.5 Å². The van der Waals surface area contributed by atoms with Gasteiger partial charge in [-0.25, -0.2) is 0 Å². The zero-order valence-corrected chi connectivity index (χ0v) is 6.90. The molecule has 0 radical (unpaired) electrons. The van der Waals surface area contributed by atoms with E-state index in [2.05, 4.69) is 0 Å². The van der Waals surface area contributed by atoms with Crippen LogP contribution in [0.15, 0.2) is 30.3 Å². The summed E-state index contributed by atoms with van der Waals surface area (Å²) in [5, 5.41) is 9.76. The Labute approximate surface area is 71.3 Å². The molecule has 0 saturated heterocycles. The highest BCUT2D eigenvalue weighted by atomic mass is 16.8. The summed E-state index contributed by atoms with van der Waals surface area (Å²) in [6.45, 7) is 0.494. The first kappa shape index (κ1) is 9.15. The van der Waals surface area contributed by atoms with Gasteiger partial charge in [0.05, 0.1) is 13.7 Å². The van der Waals surface area contributed by atoms with Gasteiger partial charge in [-0.05, 0) is 5.56 Å². The van der Waals surface area contributed by atoms with Gasteiger partial charge >= 0.3 is 0 Å². The van der Waals surface area contributed by atoms with Crippen molar-refractivity contribution in [3.63, 3.8) is 0 Å². The van der Waals surface area contributed by atoms with Crippen LogP contribution in [0.2, 0.25) is 0 Å². The highest BCUT2D eigenvalue weighted by molar-refractivity contribution is 5.13. The molecule has 0 heterocycles. The Morgan fingerprint density at radius 2 is 2.08 bits per heavy atom. The summed E-state index contributed by atoms with van der Waals surface area (Å²) in [6.07, 6.45) is 0. The highest BCUT2D eigenvalue weighted by Crippen LogP contribution is 2.01. The van der Waals surface area contributed by atoms with Crippen LogP contribution in [0.4, 0.5) is 0 Å². The third-order valence-electron chi connectivity index (χ3n) is 1.50. The van der Waals surface area contributed by atoms with Crippen LogP contribution in [0.1, 0.15) is 5.56 Å². The van der Waals surface area contributed by atoms with Crippen LogP contribution in [0.5, 0.6) is 0 Å². The zero-order chi connectivity index (χ0) is 8.81. The van der Waals surface area contributed by atoms with Crippen LogP contribution in [-0.2, 0) is 11.4 Å². The number of hydroxylamine groups is 1. The molecule has 0 aromatic heterocycles. The molecule has 4 nitrogen and oxygen atoms in total. The minimum atomic E-state index is 0.494. The summed E-state index contributed by atoms with van der Waals surface area (Å²) >= 11 is 0. The van der Waals surface area contributed by atoms with Crippen LogP contribution in [0.25, 0.3) is 0 Å². The molecule has 0 fully saturated rings. The normalized spacial score (nSPS) is 10.6. The van der Waals surface area contributed by atoms with Crippen molar-refractivity contribution in [1.82, 2.24) is 10.8 Å². The number of nitrogens with zero attached hydrogens (tertiary/aromatic N) is 1. The molecule has 0 atom stereocenters. The molecule has 1 aromatic carbocycles. The Balaban J connectivity index is 2.51. The molecule has 12 heavy (non-hydrogen) atoms. The number of rotatable bonds is 4. The van der Waals surface area contributed by atoms with Crippen molar-refractivity contribution in [2.75, 3.05) is 7.11 Å². The van der Waals surface area contributed by atoms with E-state index >= 15 is 0 Å². The van der Waals surface area contributed by atoms with Crippen molar-refractivity contribution in [2.24, 2.45) is 0 Å². The van der Waals surface area contributed by atoms with Gasteiger partial charge in [-0.3, -0.25) is 10.0 Å². The maximum absolute atomic E-state index is 8.54. The van der Waals surface area contributed by atoms with Gasteiger partial charge in [-0.2, -0.15) is 0 Å². The van der Waals surface area contributed by atoms with Crippen molar-refractivity contribution in [3.8, 4) is 0 Å². The summed E-state index contributed by atoms with van der Waals surface area (Å²) < 4.78 is 0. The van der Waals surface area contributed by atoms with Gasteiger partial charge in [0.25, 0.3) is 0 Å². The molecular weight excluding hydrogens is 156 g/mol. The molecule has 4 heteroatoms. The van der Waals surface area contributed by atoms with Crippen LogP contribution < -0.4 is 5.59 Å². The predicted octanol–water partition coefficient (Wildman–Crippen LogP) is 0.944. The Hall–Kier alpha value is -0.940. The van der Waals surface area contributed by atoms with E-state index in [4.69, 9.17) is 10.0 Å². The Kier molecular flexibility index (Phi) is 3.69. The second-order valence-corrected chi connectivity index (χ2v) is 2.30. The molecule has 1 aromatic rings. The minimum Gasteiger partial charge on any atom is -0.300 e. The lowest BCUT2D eigenvalue weighted by Gasteiger charge is -2.15. The highest BCUT2D eigenvalue weighted by Gasteiger charge is 2.00. The molecule has 0 amide bonds. The lowest BCUT2D eigenvalue weighted by molar-refractivity contribution is -0.246. The fourth-order valence-electron chi connectivity index (χ4n) is 0.890. The van der Waals surface area contributed by atoms with Crippen LogP contribution in [0, 0.1) is 0 Å². The van der Waals surface area contributed by atoms with Crippen LogP contribution in [0.3, 0.4) is 0 Å². The van der Waals surface area contributed by atoms with Gasteiger partial charge in [0.15, 0.2) is 0 Å². The number of hydrazine groups is 1. The standard InChI is InChI=1S/C8H12N2O2/c1-12-10(9-11)7-8-5-3-2-4-6-8/h2-6,9,11H,7H2,1H3. The molecule has 0 aliphatic carbocycles. The molecule has 0 spiro atoms. The summed E-state index contributed by atoms with van der Waals surface area (Å²) in [4.78, 5) is 4.78. The monoisotopic (exact) mass is 168 g/mol. The first-order valence-corrected chi connectivity index (χ1v) is 3.62. The van der Waals surface area contributed by atoms with Crippen LogP contribution in [-0.4, -0.2) is 17.5 Å². The lowest BCUT2D eigenvalue weighted by Crippen LogP contribution is -2.33. The minimum absolute atomic E-state index is 0.494. The summed E-state index contributed by atoms with van der Waals surface area (Å²) in [5.74, 6) is 0. The fourth-order valence-corrected chi connectivity index (χ4v) is 0.890. The van der Waals surface area contributed by atoms with E-state index in [9.17, 15) is 0 Å². The first-order valence-electron chi connectivity index (χ1n) is 3.62. The number of nitrogens with one attached hydrogen (secondary N) is 1. The largest absolute Gasteiger partial charge is 0.300 e. The Morgan fingerprint density at radius 3 is 2.58 bits per heavy atom. The van der Waals surface area contributed by atoms with Gasteiger partial charge in [-0.15, -0.1) is 5.59 Å². The second-order valence-electron chi connectivity index (χ2n) is 2.30. The zero-order valence-electron chi connectivity index (χ0n) is 6.90. The van der Waals surface area contributed by atoms with E-state index in [1.54, 1.807) is 0 Å². The third-order valence-corrected chi connectivity index (χ3v) is 1.50. The molecule has 0 aliphatic rings. The van der Waals surface area contributed by atoms with Crippen molar-refractivity contribution < 1.29 is 10.0 Å². The molecule has 2 N–H and O–H groups in total. The SMILES string of the molecule is CON(Cc1ccccc1)NO. The van der Waals surface area contributed by atoms with Crippen molar-refractivity contribution in [3.05, 3.63) is 35.9 Å². The average molecular weight is 168 g/mol. The maximum Gasteiger partial charge on any atom is 0.0674 e. The molecule has 0 aliphatic heterocycles.